The molecule has 0 atom stereocenters. The van der Waals surface area contributed by atoms with Crippen LogP contribution in [0.1, 0.15) is 32.3 Å². The fourth-order valence-corrected chi connectivity index (χ4v) is 2.72. The molecule has 1 aromatic rings. The summed E-state index contributed by atoms with van der Waals surface area (Å²) < 4.78 is 0. The first-order valence-electron chi connectivity index (χ1n) is 7.72. The van der Waals surface area contributed by atoms with Gasteiger partial charge in [-0.25, -0.2) is 4.79 Å². The van der Waals surface area contributed by atoms with Crippen LogP contribution in [-0.2, 0) is 5.41 Å². The van der Waals surface area contributed by atoms with E-state index in [1.807, 2.05) is 23.1 Å². The molecule has 1 aromatic carbocycles. The van der Waals surface area contributed by atoms with Crippen molar-refractivity contribution in [3.8, 4) is 0 Å². The summed E-state index contributed by atoms with van der Waals surface area (Å²) in [6, 6.07) is 10.3. The van der Waals surface area contributed by atoms with Gasteiger partial charge in [-0.15, -0.1) is 0 Å². The van der Waals surface area contributed by atoms with Crippen LogP contribution in [-0.4, -0.2) is 42.3 Å². The van der Waals surface area contributed by atoms with Gasteiger partial charge in [0.15, 0.2) is 0 Å². The molecule has 0 aromatic heterocycles. The van der Waals surface area contributed by atoms with Crippen LogP contribution in [0.15, 0.2) is 30.3 Å². The molecule has 0 radical (unpaired) electrons. The molecule has 4 heteroatoms. The predicted octanol–water partition coefficient (Wildman–Crippen LogP) is 2.38. The van der Waals surface area contributed by atoms with Gasteiger partial charge in [0.05, 0.1) is 0 Å². The molecule has 1 heterocycles. The third-order valence-electron chi connectivity index (χ3n) is 4.40. The SMILES string of the molecule is CC(C)(CNC(=O)N1CCC(CO)CC1)c1ccccc1. The van der Waals surface area contributed by atoms with Crippen LogP contribution in [0, 0.1) is 5.92 Å². The first kappa shape index (κ1) is 15.8. The lowest BCUT2D eigenvalue weighted by Crippen LogP contribution is -2.47. The number of likely N-dealkylation sites (tertiary alicyclic amines) is 1. The molecular weight excluding hydrogens is 264 g/mol. The van der Waals surface area contributed by atoms with Gasteiger partial charge in [0, 0.05) is 31.7 Å². The van der Waals surface area contributed by atoms with Crippen LogP contribution in [0.3, 0.4) is 0 Å². The maximum atomic E-state index is 12.2. The van der Waals surface area contributed by atoms with Crippen molar-refractivity contribution in [2.45, 2.75) is 32.1 Å². The molecule has 1 fully saturated rings. The zero-order valence-corrected chi connectivity index (χ0v) is 13.0. The van der Waals surface area contributed by atoms with E-state index in [0.29, 0.717) is 12.5 Å². The second kappa shape index (κ2) is 6.94. The van der Waals surface area contributed by atoms with Gasteiger partial charge in [0.2, 0.25) is 0 Å². The molecule has 2 N–H and O–H groups in total. The number of rotatable bonds is 4. The molecule has 1 saturated heterocycles. The quantitative estimate of drug-likeness (QED) is 0.894. The van der Waals surface area contributed by atoms with Gasteiger partial charge < -0.3 is 15.3 Å². The molecule has 1 aliphatic heterocycles. The van der Waals surface area contributed by atoms with Gasteiger partial charge in [0.1, 0.15) is 0 Å². The highest BCUT2D eigenvalue weighted by atomic mass is 16.3. The van der Waals surface area contributed by atoms with Crippen molar-refractivity contribution >= 4 is 6.03 Å². The Labute approximate surface area is 127 Å². The Morgan fingerprint density at radius 1 is 1.29 bits per heavy atom. The Bertz CT molecular complexity index is 451. The van der Waals surface area contributed by atoms with E-state index < -0.39 is 0 Å². The van der Waals surface area contributed by atoms with Crippen LogP contribution in [0.4, 0.5) is 4.79 Å². The van der Waals surface area contributed by atoms with Gasteiger partial charge >= 0.3 is 6.03 Å². The van der Waals surface area contributed by atoms with Gasteiger partial charge in [-0.1, -0.05) is 44.2 Å². The Morgan fingerprint density at radius 2 is 1.90 bits per heavy atom. The number of amides is 2. The molecule has 0 spiro atoms. The summed E-state index contributed by atoms with van der Waals surface area (Å²) in [4.78, 5) is 14.1. The number of piperidine rings is 1. The molecule has 0 aliphatic carbocycles. The number of aliphatic hydroxyl groups excluding tert-OH is 1. The van der Waals surface area contributed by atoms with Gasteiger partial charge in [0.25, 0.3) is 0 Å². The van der Waals surface area contributed by atoms with E-state index >= 15 is 0 Å². The minimum Gasteiger partial charge on any atom is -0.396 e. The highest BCUT2D eigenvalue weighted by molar-refractivity contribution is 5.74. The van der Waals surface area contributed by atoms with E-state index in [2.05, 4.69) is 31.3 Å². The van der Waals surface area contributed by atoms with Crippen LogP contribution in [0.25, 0.3) is 0 Å². The van der Waals surface area contributed by atoms with Crippen LogP contribution < -0.4 is 5.32 Å². The number of carbonyl (C=O) groups is 1. The molecule has 2 amide bonds. The largest absolute Gasteiger partial charge is 0.396 e. The molecular formula is C17H26N2O2. The number of nitrogens with zero attached hydrogens (tertiary/aromatic N) is 1. The van der Waals surface area contributed by atoms with E-state index in [1.165, 1.54) is 5.56 Å². The van der Waals surface area contributed by atoms with E-state index in [1.54, 1.807) is 0 Å². The van der Waals surface area contributed by atoms with E-state index in [4.69, 9.17) is 5.11 Å². The van der Waals surface area contributed by atoms with Crippen LogP contribution >= 0.6 is 0 Å². The summed E-state index contributed by atoms with van der Waals surface area (Å²) in [7, 11) is 0. The van der Waals surface area contributed by atoms with E-state index in [0.717, 1.165) is 25.9 Å². The number of nitrogens with one attached hydrogen (secondary N) is 1. The molecule has 0 unspecified atom stereocenters. The van der Waals surface area contributed by atoms with E-state index in [-0.39, 0.29) is 18.1 Å². The molecule has 21 heavy (non-hydrogen) atoms. The number of benzene rings is 1. The first-order chi connectivity index (χ1) is 10.0. The molecule has 4 nitrogen and oxygen atoms in total. The Morgan fingerprint density at radius 3 is 2.48 bits per heavy atom. The zero-order chi connectivity index (χ0) is 15.3. The normalized spacial score (nSPS) is 16.8. The highest BCUT2D eigenvalue weighted by Gasteiger charge is 2.25. The summed E-state index contributed by atoms with van der Waals surface area (Å²) in [5.41, 5.74) is 1.14. The van der Waals surface area contributed by atoms with Gasteiger partial charge in [-0.3, -0.25) is 0 Å². The third kappa shape index (κ3) is 4.21. The summed E-state index contributed by atoms with van der Waals surface area (Å²) in [6.07, 6.45) is 1.79. The van der Waals surface area contributed by atoms with Crippen LogP contribution in [0.2, 0.25) is 0 Å². The van der Waals surface area contributed by atoms with Crippen molar-refractivity contribution in [3.05, 3.63) is 35.9 Å². The predicted molar refractivity (Wildman–Crippen MR) is 84.2 cm³/mol. The highest BCUT2D eigenvalue weighted by Crippen LogP contribution is 2.22. The standard InChI is InChI=1S/C17H26N2O2/c1-17(2,15-6-4-3-5-7-15)13-18-16(21)19-10-8-14(12-20)9-11-19/h3-7,14,20H,8-13H2,1-2H3,(H,18,21). The maximum Gasteiger partial charge on any atom is 0.317 e. The second-order valence-electron chi connectivity index (χ2n) is 6.52. The first-order valence-corrected chi connectivity index (χ1v) is 7.72. The Hall–Kier alpha value is -1.55. The molecule has 0 bridgehead atoms. The molecule has 1 aliphatic rings. The van der Waals surface area contributed by atoms with E-state index in [9.17, 15) is 4.79 Å². The lowest BCUT2D eigenvalue weighted by atomic mass is 9.85. The van der Waals surface area contributed by atoms with Gasteiger partial charge in [-0.2, -0.15) is 0 Å². The Balaban J connectivity index is 1.84. The smallest absolute Gasteiger partial charge is 0.317 e. The van der Waals surface area contributed by atoms with Gasteiger partial charge in [-0.05, 0) is 24.3 Å². The van der Waals surface area contributed by atoms with Crippen LogP contribution in [0.5, 0.6) is 0 Å². The molecule has 0 saturated carbocycles. The van der Waals surface area contributed by atoms with Crippen molar-refractivity contribution in [2.24, 2.45) is 5.92 Å². The summed E-state index contributed by atoms with van der Waals surface area (Å²) in [5.74, 6) is 0.356. The average Bonchev–Trinajstić information content (AvgIpc) is 2.53. The number of carbonyl (C=O) groups excluding carboxylic acids is 1. The van der Waals surface area contributed by atoms with Crippen molar-refractivity contribution in [1.82, 2.24) is 10.2 Å². The minimum atomic E-state index is -0.0830. The summed E-state index contributed by atoms with van der Waals surface area (Å²) in [5, 5.41) is 12.2. The molecule has 116 valence electrons. The summed E-state index contributed by atoms with van der Waals surface area (Å²) >= 11 is 0. The number of hydrogen-bond acceptors (Lipinski definition) is 2. The fraction of sp³-hybridized carbons (Fsp3) is 0.588. The maximum absolute atomic E-state index is 12.2. The zero-order valence-electron chi connectivity index (χ0n) is 13.0. The average molecular weight is 290 g/mol. The lowest BCUT2D eigenvalue weighted by molar-refractivity contribution is 0.136. The monoisotopic (exact) mass is 290 g/mol. The Kier molecular flexibility index (Phi) is 5.23. The summed E-state index contributed by atoms with van der Waals surface area (Å²) in [6.45, 7) is 6.61. The lowest BCUT2D eigenvalue weighted by Gasteiger charge is -2.33. The fourth-order valence-electron chi connectivity index (χ4n) is 2.72. The van der Waals surface area contributed by atoms with Crippen molar-refractivity contribution in [1.29, 1.82) is 0 Å². The molecule has 2 rings (SSSR count). The second-order valence-corrected chi connectivity index (χ2v) is 6.52. The van der Waals surface area contributed by atoms with Crippen molar-refractivity contribution in [3.63, 3.8) is 0 Å². The van der Waals surface area contributed by atoms with Crippen molar-refractivity contribution in [2.75, 3.05) is 26.2 Å². The minimum absolute atomic E-state index is 0.00963. The third-order valence-corrected chi connectivity index (χ3v) is 4.40. The van der Waals surface area contributed by atoms with Crippen molar-refractivity contribution < 1.29 is 9.90 Å². The number of urea groups is 1. The number of hydrogen-bond donors (Lipinski definition) is 2. The topological polar surface area (TPSA) is 52.6 Å². The number of aliphatic hydroxyl groups is 1.